The van der Waals surface area contributed by atoms with E-state index < -0.39 is 0 Å². The summed E-state index contributed by atoms with van der Waals surface area (Å²) in [6.45, 7) is 4.80. The van der Waals surface area contributed by atoms with Crippen LogP contribution in [0.25, 0.3) is 0 Å². The molecule has 0 aliphatic heterocycles. The number of rotatable bonds is 12. The van der Waals surface area contributed by atoms with Gasteiger partial charge in [0.1, 0.15) is 12.4 Å². The summed E-state index contributed by atoms with van der Waals surface area (Å²) < 4.78 is 12.2. The molecule has 2 aliphatic rings. The third kappa shape index (κ3) is 8.49. The lowest BCUT2D eigenvalue weighted by atomic mass is 9.77. The van der Waals surface area contributed by atoms with Crippen LogP contribution in [0, 0.1) is 11.8 Å². The Morgan fingerprint density at radius 2 is 1.33 bits per heavy atom. The Balaban J connectivity index is 1.15. The van der Waals surface area contributed by atoms with Crippen LogP contribution in [0.1, 0.15) is 136 Å². The van der Waals surface area contributed by atoms with Crippen LogP contribution in [0.2, 0.25) is 0 Å². The molecule has 0 saturated heterocycles. The fourth-order valence-corrected chi connectivity index (χ4v) is 7.04. The van der Waals surface area contributed by atoms with Crippen molar-refractivity contribution in [2.75, 3.05) is 6.61 Å². The Kier molecular flexibility index (Phi) is 11.2. The third-order valence-corrected chi connectivity index (χ3v) is 9.86. The van der Waals surface area contributed by atoms with E-state index >= 15 is 0 Å². The summed E-state index contributed by atoms with van der Waals surface area (Å²) in [5, 5.41) is 0. The molecule has 3 nitrogen and oxygen atoms in total. The number of hydrogen-bond donors (Lipinski definition) is 0. The van der Waals surface area contributed by atoms with Crippen molar-refractivity contribution in [3.8, 4) is 5.75 Å². The Morgan fingerprint density at radius 3 is 1.95 bits per heavy atom. The standard InChI is InChI=1S/C39H50O3/c1-3-4-6-9-30-14-18-32(19-15-30)33-20-22-36(23-21-33)39(40)41-28-38(35-10-7-5-8-11-35)42-37-26-24-34(25-27-37)31-16-12-29(2)13-17-31/h5,7-8,10-11,20-27,29-32,38H,3-4,6,9,12-19,28H2,1-2H3. The van der Waals surface area contributed by atoms with E-state index in [-0.39, 0.29) is 18.7 Å². The summed E-state index contributed by atoms with van der Waals surface area (Å²) >= 11 is 0. The highest BCUT2D eigenvalue weighted by atomic mass is 16.6. The van der Waals surface area contributed by atoms with Gasteiger partial charge in [0.2, 0.25) is 0 Å². The van der Waals surface area contributed by atoms with E-state index in [1.54, 1.807) is 0 Å². The molecule has 0 aromatic heterocycles. The largest absolute Gasteiger partial charge is 0.482 e. The first kappa shape index (κ1) is 30.4. The highest BCUT2D eigenvalue weighted by Gasteiger charge is 2.23. The van der Waals surface area contributed by atoms with Crippen LogP contribution in [-0.4, -0.2) is 12.6 Å². The number of ether oxygens (including phenoxy) is 2. The number of carbonyl (C=O) groups excluding carboxylic acids is 1. The van der Waals surface area contributed by atoms with Crippen molar-refractivity contribution in [3.05, 3.63) is 101 Å². The van der Waals surface area contributed by atoms with Gasteiger partial charge in [-0.2, -0.15) is 0 Å². The molecule has 0 spiro atoms. The van der Waals surface area contributed by atoms with Crippen molar-refractivity contribution in [3.63, 3.8) is 0 Å². The Labute approximate surface area is 254 Å². The first-order valence-corrected chi connectivity index (χ1v) is 16.7. The minimum Gasteiger partial charge on any atom is -0.482 e. The maximum absolute atomic E-state index is 13.1. The number of carbonyl (C=O) groups is 1. The van der Waals surface area contributed by atoms with Crippen molar-refractivity contribution in [2.45, 2.75) is 109 Å². The second kappa shape index (κ2) is 15.4. The Morgan fingerprint density at radius 1 is 0.738 bits per heavy atom. The van der Waals surface area contributed by atoms with Crippen LogP contribution in [0.3, 0.4) is 0 Å². The second-order valence-electron chi connectivity index (χ2n) is 13.0. The van der Waals surface area contributed by atoms with Crippen molar-refractivity contribution in [1.82, 2.24) is 0 Å². The fourth-order valence-electron chi connectivity index (χ4n) is 7.04. The number of hydrogen-bond acceptors (Lipinski definition) is 3. The Hall–Kier alpha value is -3.07. The lowest BCUT2D eigenvalue weighted by Crippen LogP contribution is -2.18. The highest BCUT2D eigenvalue weighted by Crippen LogP contribution is 2.38. The Bertz CT molecular complexity index is 1200. The van der Waals surface area contributed by atoms with E-state index in [1.807, 2.05) is 42.5 Å². The maximum atomic E-state index is 13.1. The molecular weight excluding hydrogens is 516 g/mol. The minimum atomic E-state index is -0.372. The predicted molar refractivity (Wildman–Crippen MR) is 172 cm³/mol. The average molecular weight is 567 g/mol. The normalized spacial score (nSPS) is 23.2. The molecule has 0 N–H and O–H groups in total. The first-order valence-electron chi connectivity index (χ1n) is 16.7. The lowest BCUT2D eigenvalue weighted by Gasteiger charge is -2.29. The van der Waals surface area contributed by atoms with Crippen LogP contribution in [0.5, 0.6) is 5.75 Å². The SMILES string of the molecule is CCCCCC1CCC(c2ccc(C(=O)OCC(Oc3ccc(C4CCC(C)CC4)cc3)c3ccccc3)cc2)CC1. The second-order valence-corrected chi connectivity index (χ2v) is 13.0. The predicted octanol–water partition coefficient (Wildman–Crippen LogP) is 10.8. The molecule has 3 heteroatoms. The molecule has 42 heavy (non-hydrogen) atoms. The van der Waals surface area contributed by atoms with Crippen LogP contribution in [0.4, 0.5) is 0 Å². The van der Waals surface area contributed by atoms with Crippen molar-refractivity contribution < 1.29 is 14.3 Å². The van der Waals surface area contributed by atoms with Gasteiger partial charge in [0.15, 0.2) is 6.10 Å². The van der Waals surface area contributed by atoms with Crippen molar-refractivity contribution in [2.24, 2.45) is 11.8 Å². The number of esters is 1. The van der Waals surface area contributed by atoms with Gasteiger partial charge >= 0.3 is 5.97 Å². The van der Waals surface area contributed by atoms with Crippen LogP contribution < -0.4 is 4.74 Å². The van der Waals surface area contributed by atoms with Gasteiger partial charge in [0, 0.05) is 0 Å². The van der Waals surface area contributed by atoms with Gasteiger partial charge in [0.05, 0.1) is 5.56 Å². The van der Waals surface area contributed by atoms with Gasteiger partial charge in [0.25, 0.3) is 0 Å². The van der Waals surface area contributed by atoms with Crippen molar-refractivity contribution in [1.29, 1.82) is 0 Å². The molecule has 0 radical (unpaired) electrons. The van der Waals surface area contributed by atoms with E-state index in [0.29, 0.717) is 17.4 Å². The van der Waals surface area contributed by atoms with Gasteiger partial charge in [-0.1, -0.05) is 107 Å². The van der Waals surface area contributed by atoms with Gasteiger partial charge in [-0.3, -0.25) is 0 Å². The molecule has 224 valence electrons. The molecule has 2 aliphatic carbocycles. The molecule has 0 bridgehead atoms. The summed E-state index contributed by atoms with van der Waals surface area (Å²) in [6, 6.07) is 26.8. The molecule has 5 rings (SSSR count). The number of unbranched alkanes of at least 4 members (excludes halogenated alkanes) is 2. The van der Waals surface area contributed by atoms with Crippen LogP contribution in [-0.2, 0) is 4.74 Å². The van der Waals surface area contributed by atoms with Gasteiger partial charge in [-0.15, -0.1) is 0 Å². The zero-order valence-electron chi connectivity index (χ0n) is 25.8. The molecule has 3 aromatic carbocycles. The quantitative estimate of drug-likeness (QED) is 0.162. The molecular formula is C39H50O3. The van der Waals surface area contributed by atoms with Gasteiger partial charge in [-0.05, 0) is 103 Å². The smallest absolute Gasteiger partial charge is 0.338 e. The fraction of sp³-hybridized carbons (Fsp3) is 0.513. The summed E-state index contributed by atoms with van der Waals surface area (Å²) in [4.78, 5) is 13.1. The average Bonchev–Trinajstić information content (AvgIpc) is 3.04. The summed E-state index contributed by atoms with van der Waals surface area (Å²) in [5.74, 6) is 3.52. The van der Waals surface area contributed by atoms with E-state index in [9.17, 15) is 4.79 Å². The van der Waals surface area contributed by atoms with Crippen LogP contribution >= 0.6 is 0 Å². The molecule has 2 fully saturated rings. The van der Waals surface area contributed by atoms with E-state index in [1.165, 1.54) is 88.2 Å². The minimum absolute atomic E-state index is 0.162. The summed E-state index contributed by atoms with van der Waals surface area (Å²) in [5.41, 5.74) is 4.36. The third-order valence-electron chi connectivity index (χ3n) is 9.86. The topological polar surface area (TPSA) is 35.5 Å². The monoisotopic (exact) mass is 566 g/mol. The van der Waals surface area contributed by atoms with Gasteiger partial charge < -0.3 is 9.47 Å². The molecule has 1 atom stereocenters. The first-order chi connectivity index (χ1) is 20.6. The molecule has 0 heterocycles. The van der Waals surface area contributed by atoms with E-state index in [0.717, 1.165) is 23.1 Å². The zero-order chi connectivity index (χ0) is 29.1. The summed E-state index contributed by atoms with van der Waals surface area (Å²) in [6.07, 6.45) is 15.4. The van der Waals surface area contributed by atoms with E-state index in [2.05, 4.69) is 50.2 Å². The van der Waals surface area contributed by atoms with Crippen LogP contribution in [0.15, 0.2) is 78.9 Å². The lowest BCUT2D eigenvalue weighted by molar-refractivity contribution is 0.0309. The van der Waals surface area contributed by atoms with Crippen molar-refractivity contribution >= 4 is 5.97 Å². The number of benzene rings is 3. The molecule has 3 aromatic rings. The summed E-state index contributed by atoms with van der Waals surface area (Å²) in [7, 11) is 0. The molecule has 1 unspecified atom stereocenters. The molecule has 2 saturated carbocycles. The van der Waals surface area contributed by atoms with Gasteiger partial charge in [-0.25, -0.2) is 4.79 Å². The highest BCUT2D eigenvalue weighted by molar-refractivity contribution is 5.89. The van der Waals surface area contributed by atoms with E-state index in [4.69, 9.17) is 9.47 Å². The zero-order valence-corrected chi connectivity index (χ0v) is 25.8. The maximum Gasteiger partial charge on any atom is 0.338 e. The molecule has 0 amide bonds.